The van der Waals surface area contributed by atoms with Crippen LogP contribution < -0.4 is 10.6 Å². The molecule has 132 valence electrons. The molecule has 0 aromatic heterocycles. The summed E-state index contributed by atoms with van der Waals surface area (Å²) in [5.41, 5.74) is 1.27. The van der Waals surface area contributed by atoms with Crippen LogP contribution in [0.4, 0.5) is 0 Å². The fraction of sp³-hybridized carbons (Fsp3) is 0.533. The number of nitrogens with zero attached hydrogens (tertiary/aromatic N) is 1. The standard InChI is InChI=1S/C15H25N3O3S.HI/c1-16-15(17-9-8-14-6-4-3-5-7-14)18-10-11-21-12-13-22(2,19)20;/h3-7H,8-13H2,1-2H3,(H2,16,17,18);1H. The maximum atomic E-state index is 10.9. The largest absolute Gasteiger partial charge is 0.379 e. The number of benzene rings is 1. The van der Waals surface area contributed by atoms with Crippen molar-refractivity contribution in [2.75, 3.05) is 45.4 Å². The average Bonchev–Trinajstić information content (AvgIpc) is 2.49. The summed E-state index contributed by atoms with van der Waals surface area (Å²) in [6.07, 6.45) is 2.12. The van der Waals surface area contributed by atoms with Crippen molar-refractivity contribution in [2.24, 2.45) is 4.99 Å². The Morgan fingerprint density at radius 1 is 1.13 bits per heavy atom. The molecule has 1 aromatic rings. The number of nitrogens with one attached hydrogen (secondary N) is 2. The summed E-state index contributed by atoms with van der Waals surface area (Å²) >= 11 is 0. The minimum Gasteiger partial charge on any atom is -0.379 e. The summed E-state index contributed by atoms with van der Waals surface area (Å²) in [4.78, 5) is 4.12. The zero-order valence-corrected chi connectivity index (χ0v) is 16.8. The first-order valence-corrected chi connectivity index (χ1v) is 9.31. The number of rotatable bonds is 9. The van der Waals surface area contributed by atoms with Gasteiger partial charge in [-0.15, -0.1) is 24.0 Å². The molecule has 0 radical (unpaired) electrons. The van der Waals surface area contributed by atoms with E-state index in [1.807, 2.05) is 18.2 Å². The van der Waals surface area contributed by atoms with Gasteiger partial charge in [0.2, 0.25) is 0 Å². The lowest BCUT2D eigenvalue weighted by Gasteiger charge is -2.12. The summed E-state index contributed by atoms with van der Waals surface area (Å²) in [5, 5.41) is 6.34. The number of sulfone groups is 1. The van der Waals surface area contributed by atoms with Crippen LogP contribution in [-0.2, 0) is 21.0 Å². The molecule has 0 aliphatic heterocycles. The summed E-state index contributed by atoms with van der Waals surface area (Å²) in [6.45, 7) is 2.03. The van der Waals surface area contributed by atoms with Crippen molar-refractivity contribution in [3.05, 3.63) is 35.9 Å². The summed E-state index contributed by atoms with van der Waals surface area (Å²) in [5.74, 6) is 0.763. The molecule has 0 heterocycles. The Kier molecular flexibility index (Phi) is 12.1. The zero-order chi connectivity index (χ0) is 16.3. The molecule has 0 fully saturated rings. The van der Waals surface area contributed by atoms with Gasteiger partial charge in [0.1, 0.15) is 9.84 Å². The van der Waals surface area contributed by atoms with Gasteiger partial charge < -0.3 is 15.4 Å². The lowest BCUT2D eigenvalue weighted by molar-refractivity contribution is 0.154. The quantitative estimate of drug-likeness (QED) is 0.252. The fourth-order valence-electron chi connectivity index (χ4n) is 1.74. The second kappa shape index (κ2) is 12.5. The van der Waals surface area contributed by atoms with Crippen molar-refractivity contribution in [1.82, 2.24) is 10.6 Å². The third-order valence-electron chi connectivity index (χ3n) is 2.91. The number of hydrogen-bond acceptors (Lipinski definition) is 4. The molecule has 0 atom stereocenters. The smallest absolute Gasteiger partial charge is 0.191 e. The van der Waals surface area contributed by atoms with Gasteiger partial charge in [-0.05, 0) is 12.0 Å². The van der Waals surface area contributed by atoms with Gasteiger partial charge in [-0.1, -0.05) is 30.3 Å². The van der Waals surface area contributed by atoms with Crippen LogP contribution in [0.15, 0.2) is 35.3 Å². The Morgan fingerprint density at radius 2 is 1.78 bits per heavy atom. The van der Waals surface area contributed by atoms with Crippen molar-refractivity contribution < 1.29 is 13.2 Å². The van der Waals surface area contributed by atoms with Crippen molar-refractivity contribution >= 4 is 39.8 Å². The van der Waals surface area contributed by atoms with E-state index in [0.29, 0.717) is 19.1 Å². The van der Waals surface area contributed by atoms with Crippen molar-refractivity contribution in [2.45, 2.75) is 6.42 Å². The maximum absolute atomic E-state index is 10.9. The van der Waals surface area contributed by atoms with E-state index in [1.54, 1.807) is 7.05 Å². The van der Waals surface area contributed by atoms with E-state index < -0.39 is 9.84 Å². The Bertz CT molecular complexity index is 550. The SMILES string of the molecule is CN=C(NCCOCCS(C)(=O)=O)NCCc1ccccc1.I. The molecule has 0 unspecified atom stereocenters. The predicted octanol–water partition coefficient (Wildman–Crippen LogP) is 1.07. The highest BCUT2D eigenvalue weighted by Gasteiger charge is 2.01. The van der Waals surface area contributed by atoms with Crippen molar-refractivity contribution in [3.63, 3.8) is 0 Å². The van der Waals surface area contributed by atoms with E-state index in [1.165, 1.54) is 11.8 Å². The molecule has 6 nitrogen and oxygen atoms in total. The molecule has 1 rings (SSSR count). The lowest BCUT2D eigenvalue weighted by atomic mass is 10.1. The van der Waals surface area contributed by atoms with Crippen LogP contribution >= 0.6 is 24.0 Å². The van der Waals surface area contributed by atoms with E-state index in [9.17, 15) is 8.42 Å². The van der Waals surface area contributed by atoms with Gasteiger partial charge in [-0.25, -0.2) is 8.42 Å². The summed E-state index contributed by atoms with van der Waals surface area (Å²) < 4.78 is 27.1. The first-order valence-electron chi connectivity index (χ1n) is 7.25. The van der Waals surface area contributed by atoms with Crippen LogP contribution in [-0.4, -0.2) is 59.7 Å². The third-order valence-corrected chi connectivity index (χ3v) is 3.82. The molecular weight excluding hydrogens is 429 g/mol. The van der Waals surface area contributed by atoms with Gasteiger partial charge in [0, 0.05) is 26.4 Å². The fourth-order valence-corrected chi connectivity index (χ4v) is 2.17. The molecule has 1 aromatic carbocycles. The number of guanidine groups is 1. The molecule has 0 bridgehead atoms. The van der Waals surface area contributed by atoms with Crippen LogP contribution in [0.3, 0.4) is 0 Å². The van der Waals surface area contributed by atoms with E-state index in [0.717, 1.165) is 13.0 Å². The highest BCUT2D eigenvalue weighted by molar-refractivity contribution is 14.0. The van der Waals surface area contributed by atoms with Crippen LogP contribution in [0.5, 0.6) is 0 Å². The molecule has 0 aliphatic rings. The van der Waals surface area contributed by atoms with Gasteiger partial charge in [0.05, 0.1) is 19.0 Å². The first-order chi connectivity index (χ1) is 10.5. The Morgan fingerprint density at radius 3 is 2.39 bits per heavy atom. The number of halogens is 1. The Balaban J connectivity index is 0.00000484. The Labute approximate surface area is 156 Å². The molecule has 0 aliphatic carbocycles. The summed E-state index contributed by atoms with van der Waals surface area (Å²) in [6, 6.07) is 10.2. The summed E-state index contributed by atoms with van der Waals surface area (Å²) in [7, 11) is -1.24. The average molecular weight is 455 g/mol. The van der Waals surface area contributed by atoms with Gasteiger partial charge in [-0.2, -0.15) is 0 Å². The number of hydrogen-bond donors (Lipinski definition) is 2. The molecule has 0 saturated heterocycles. The first kappa shape index (κ1) is 22.1. The normalized spacial score (nSPS) is 11.7. The zero-order valence-electron chi connectivity index (χ0n) is 13.6. The van der Waals surface area contributed by atoms with Gasteiger partial charge in [0.25, 0.3) is 0 Å². The van der Waals surface area contributed by atoms with E-state index in [4.69, 9.17) is 4.74 Å². The number of ether oxygens (including phenoxy) is 1. The molecule has 2 N–H and O–H groups in total. The molecule has 0 saturated carbocycles. The second-order valence-electron chi connectivity index (χ2n) is 4.90. The molecule has 8 heteroatoms. The van der Waals surface area contributed by atoms with Crippen LogP contribution in [0.25, 0.3) is 0 Å². The van der Waals surface area contributed by atoms with E-state index >= 15 is 0 Å². The maximum Gasteiger partial charge on any atom is 0.191 e. The molecule has 0 amide bonds. The topological polar surface area (TPSA) is 79.8 Å². The van der Waals surface area contributed by atoms with Crippen LogP contribution in [0.1, 0.15) is 5.56 Å². The lowest BCUT2D eigenvalue weighted by Crippen LogP contribution is -2.39. The minimum absolute atomic E-state index is 0. The molecular formula is C15H26IN3O3S. The number of aliphatic imine (C=N–C) groups is 1. The van der Waals surface area contributed by atoms with E-state index in [2.05, 4.69) is 27.8 Å². The van der Waals surface area contributed by atoms with Crippen LogP contribution in [0, 0.1) is 0 Å². The van der Waals surface area contributed by atoms with Crippen molar-refractivity contribution in [1.29, 1.82) is 0 Å². The Hall–Kier alpha value is -0.870. The third kappa shape index (κ3) is 12.2. The van der Waals surface area contributed by atoms with Gasteiger partial charge >= 0.3 is 0 Å². The second-order valence-corrected chi connectivity index (χ2v) is 7.16. The van der Waals surface area contributed by atoms with E-state index in [-0.39, 0.29) is 36.3 Å². The monoisotopic (exact) mass is 455 g/mol. The van der Waals surface area contributed by atoms with Gasteiger partial charge in [0.15, 0.2) is 5.96 Å². The van der Waals surface area contributed by atoms with Crippen molar-refractivity contribution in [3.8, 4) is 0 Å². The molecule has 0 spiro atoms. The highest BCUT2D eigenvalue weighted by Crippen LogP contribution is 1.97. The highest BCUT2D eigenvalue weighted by atomic mass is 127. The molecule has 23 heavy (non-hydrogen) atoms. The predicted molar refractivity (Wildman–Crippen MR) is 105 cm³/mol. The van der Waals surface area contributed by atoms with Crippen LogP contribution in [0.2, 0.25) is 0 Å². The minimum atomic E-state index is -2.95. The van der Waals surface area contributed by atoms with Gasteiger partial charge in [-0.3, -0.25) is 4.99 Å².